The number of aliphatic hydroxyl groups is 3. The second kappa shape index (κ2) is 19.0. The average Bonchev–Trinajstić information content (AvgIpc) is 2.63. The van der Waals surface area contributed by atoms with E-state index in [0.29, 0.717) is 19.3 Å². The summed E-state index contributed by atoms with van der Waals surface area (Å²) >= 11 is 0. The molecule has 182 valence electrons. The number of aliphatic carboxylic acids is 1. The van der Waals surface area contributed by atoms with Crippen LogP contribution in [-0.2, 0) is 4.79 Å². The van der Waals surface area contributed by atoms with Crippen LogP contribution >= 0.6 is 0 Å². The molecule has 0 amide bonds. The van der Waals surface area contributed by atoms with Gasteiger partial charge in [0.2, 0.25) is 0 Å². The summed E-state index contributed by atoms with van der Waals surface area (Å²) in [6.07, 6.45) is 7.87. The summed E-state index contributed by atoms with van der Waals surface area (Å²) in [6, 6.07) is 0. The average molecular weight is 438 g/mol. The highest BCUT2D eigenvalue weighted by Gasteiger charge is 2.21. The lowest BCUT2D eigenvalue weighted by atomic mass is 9.98. The summed E-state index contributed by atoms with van der Waals surface area (Å²) in [6.45, 7) is 7.31. The fourth-order valence-electron chi connectivity index (χ4n) is 2.71. The zero-order chi connectivity index (χ0) is 23.6. The topological polar surface area (TPSA) is 146 Å². The predicted molar refractivity (Wildman–Crippen MR) is 113 cm³/mol. The van der Waals surface area contributed by atoms with Crippen LogP contribution in [0.4, 0.5) is 0 Å². The first-order valence-corrected chi connectivity index (χ1v) is 11.4. The van der Waals surface area contributed by atoms with E-state index in [1.54, 1.807) is 20.8 Å². The van der Waals surface area contributed by atoms with Gasteiger partial charge in [-0.25, -0.2) is 0 Å². The largest absolute Gasteiger partial charge is 0.550 e. The Morgan fingerprint density at radius 3 is 1.80 bits per heavy atom. The van der Waals surface area contributed by atoms with Crippen LogP contribution < -0.4 is 10.3 Å². The number of nitrogens with one attached hydrogen (secondary N) is 1. The van der Waals surface area contributed by atoms with Crippen molar-refractivity contribution in [2.24, 2.45) is 0 Å². The highest BCUT2D eigenvalue weighted by molar-refractivity contribution is 5.63. The van der Waals surface area contributed by atoms with E-state index in [2.05, 4.69) is 6.92 Å². The Bertz CT molecular complexity index is 399. The second-order valence-corrected chi connectivity index (χ2v) is 9.13. The van der Waals surface area contributed by atoms with Gasteiger partial charge in [0.05, 0.1) is 18.3 Å². The van der Waals surface area contributed by atoms with Crippen molar-refractivity contribution in [1.82, 2.24) is 0 Å². The third kappa shape index (κ3) is 21.9. The molecule has 0 aromatic heterocycles. The van der Waals surface area contributed by atoms with Crippen LogP contribution in [-0.4, -0.2) is 55.6 Å². The molecule has 0 aliphatic rings. The van der Waals surface area contributed by atoms with Gasteiger partial charge in [0.1, 0.15) is 0 Å². The summed E-state index contributed by atoms with van der Waals surface area (Å²) in [4.78, 5) is 10.2. The minimum atomic E-state index is -1.00. The summed E-state index contributed by atoms with van der Waals surface area (Å²) in [7, 11) is 0. The molecular weight excluding hydrogens is 390 g/mol. The van der Waals surface area contributed by atoms with Crippen LogP contribution in [0.25, 0.3) is 0 Å². The van der Waals surface area contributed by atoms with Crippen LogP contribution in [0.15, 0.2) is 0 Å². The number of unbranched alkanes of at least 4 members (excludes halogenated alkanes) is 7. The van der Waals surface area contributed by atoms with Gasteiger partial charge in [0.25, 0.3) is 0 Å². The summed E-state index contributed by atoms with van der Waals surface area (Å²) < 4.78 is 0. The van der Waals surface area contributed by atoms with E-state index in [0.717, 1.165) is 44.9 Å². The van der Waals surface area contributed by atoms with Crippen molar-refractivity contribution in [3.05, 3.63) is 0 Å². The standard InChI is InChI=1S/C18H36O5.C4H11NO2/c1-2-3-4-8-11-15(19)14-17(21)16(20)12-9-6-5-7-10-13-18(22)23;1-4(2,3)5(6)7/h15-17,19-21H,2-14H2,1H3,(H,22,23);6-7H,1-3H3. The van der Waals surface area contributed by atoms with E-state index in [9.17, 15) is 25.2 Å². The fraction of sp³-hybridized carbons (Fsp3) is 0.955. The molecular formula is C22H47NO7. The summed E-state index contributed by atoms with van der Waals surface area (Å²) in [5.41, 5.74) is -0.472. The van der Waals surface area contributed by atoms with Crippen molar-refractivity contribution in [1.29, 1.82) is 0 Å². The van der Waals surface area contributed by atoms with E-state index >= 15 is 0 Å². The molecule has 0 bridgehead atoms. The SMILES string of the molecule is CC(C)(C)[NH+](O)O.CCCCCCC(O)CC(O)C(O)CCCCCCCC(=O)[O-]. The highest BCUT2D eigenvalue weighted by atomic mass is 16.8. The predicted octanol–water partition coefficient (Wildman–Crippen LogP) is 1.36. The monoisotopic (exact) mass is 437 g/mol. The molecule has 0 radical (unpaired) electrons. The molecule has 30 heavy (non-hydrogen) atoms. The van der Waals surface area contributed by atoms with Crippen molar-refractivity contribution in [2.45, 2.75) is 135 Å². The van der Waals surface area contributed by atoms with E-state index in [-0.39, 0.29) is 12.8 Å². The Balaban J connectivity index is 0. The number of carbonyl (C=O) groups excluding carboxylic acids is 1. The first-order chi connectivity index (χ1) is 13.9. The van der Waals surface area contributed by atoms with Gasteiger partial charge in [0, 0.05) is 12.4 Å². The van der Waals surface area contributed by atoms with Crippen LogP contribution in [0, 0.1) is 0 Å². The smallest absolute Gasteiger partial charge is 0.151 e. The first kappa shape index (κ1) is 31.4. The van der Waals surface area contributed by atoms with E-state index in [1.807, 2.05) is 0 Å². The minimum absolute atomic E-state index is 0.109. The minimum Gasteiger partial charge on any atom is -0.550 e. The molecule has 0 rings (SSSR count). The number of rotatable bonds is 16. The Morgan fingerprint density at radius 2 is 1.30 bits per heavy atom. The molecule has 6 N–H and O–H groups in total. The zero-order valence-corrected chi connectivity index (χ0v) is 19.5. The number of hydrogen-bond donors (Lipinski definition) is 6. The Labute approximate surface area is 182 Å². The molecule has 0 saturated carbocycles. The third-order valence-electron chi connectivity index (χ3n) is 4.90. The summed E-state index contributed by atoms with van der Waals surface area (Å²) in [5, 5.41) is 56.1. The number of hydrogen-bond acceptors (Lipinski definition) is 7. The van der Waals surface area contributed by atoms with Gasteiger partial charge in [-0.15, -0.1) is 0 Å². The van der Waals surface area contributed by atoms with Crippen molar-refractivity contribution < 1.29 is 40.9 Å². The number of aliphatic hydroxyl groups excluding tert-OH is 3. The maximum absolute atomic E-state index is 10.2. The lowest BCUT2D eigenvalue weighted by Crippen LogP contribution is -3.14. The van der Waals surface area contributed by atoms with Gasteiger partial charge >= 0.3 is 0 Å². The summed E-state index contributed by atoms with van der Waals surface area (Å²) in [5.74, 6) is -1.00. The Kier molecular flexibility index (Phi) is 19.9. The molecule has 0 heterocycles. The molecule has 0 aromatic rings. The van der Waals surface area contributed by atoms with Crippen molar-refractivity contribution in [2.75, 3.05) is 0 Å². The quantitative estimate of drug-likeness (QED) is 0.158. The molecule has 0 spiro atoms. The Morgan fingerprint density at radius 1 is 0.833 bits per heavy atom. The van der Waals surface area contributed by atoms with Crippen LogP contribution in [0.2, 0.25) is 0 Å². The normalized spacial score (nSPS) is 14.7. The van der Waals surface area contributed by atoms with Crippen molar-refractivity contribution >= 4 is 5.97 Å². The van der Waals surface area contributed by atoms with Gasteiger partial charge in [0.15, 0.2) is 5.54 Å². The number of carbonyl (C=O) groups is 1. The third-order valence-corrected chi connectivity index (χ3v) is 4.90. The molecule has 0 aromatic carbocycles. The van der Waals surface area contributed by atoms with Gasteiger partial charge in [-0.1, -0.05) is 63.5 Å². The fourth-order valence-corrected chi connectivity index (χ4v) is 2.71. The van der Waals surface area contributed by atoms with Crippen molar-refractivity contribution in [3.63, 3.8) is 0 Å². The van der Waals surface area contributed by atoms with Gasteiger partial charge in [-0.3, -0.25) is 0 Å². The first-order valence-electron chi connectivity index (χ1n) is 11.4. The van der Waals surface area contributed by atoms with Crippen LogP contribution in [0.5, 0.6) is 0 Å². The van der Waals surface area contributed by atoms with Crippen LogP contribution in [0.1, 0.15) is 111 Å². The van der Waals surface area contributed by atoms with Gasteiger partial charge in [-0.05, 0) is 46.5 Å². The molecule has 8 heteroatoms. The number of carboxylic acids is 1. The number of hydroxylamine groups is 2. The Hall–Kier alpha value is -0.770. The highest BCUT2D eigenvalue weighted by Crippen LogP contribution is 2.15. The molecule has 0 aliphatic carbocycles. The zero-order valence-electron chi connectivity index (χ0n) is 19.5. The molecule has 3 atom stereocenters. The molecule has 8 nitrogen and oxygen atoms in total. The van der Waals surface area contributed by atoms with Gasteiger partial charge < -0.3 is 25.2 Å². The lowest BCUT2D eigenvalue weighted by molar-refractivity contribution is -1.27. The molecule has 0 fully saturated rings. The van der Waals surface area contributed by atoms with Crippen molar-refractivity contribution in [3.8, 4) is 0 Å². The van der Waals surface area contributed by atoms with E-state index in [4.69, 9.17) is 10.4 Å². The van der Waals surface area contributed by atoms with Crippen LogP contribution in [0.3, 0.4) is 0 Å². The molecule has 3 unspecified atom stereocenters. The number of quaternary nitrogens is 1. The second-order valence-electron chi connectivity index (χ2n) is 9.13. The van der Waals surface area contributed by atoms with E-state index in [1.165, 1.54) is 6.42 Å². The maximum Gasteiger partial charge on any atom is 0.151 e. The lowest BCUT2D eigenvalue weighted by Gasteiger charge is -2.20. The maximum atomic E-state index is 10.2. The molecule has 0 saturated heterocycles. The van der Waals surface area contributed by atoms with E-state index < -0.39 is 35.0 Å². The van der Waals surface area contributed by atoms with Gasteiger partial charge in [-0.2, -0.15) is 10.4 Å². The number of carboxylic acid groups (broad SMARTS) is 1. The molecule has 0 aliphatic heterocycles.